The molecule has 1 aliphatic rings. The van der Waals surface area contributed by atoms with Gasteiger partial charge in [0.2, 0.25) is 5.91 Å². The van der Waals surface area contributed by atoms with Gasteiger partial charge >= 0.3 is 0 Å². The predicted molar refractivity (Wildman–Crippen MR) is 88.9 cm³/mol. The number of hydrogen-bond acceptors (Lipinski definition) is 3. The third-order valence-corrected chi connectivity index (χ3v) is 4.08. The average Bonchev–Trinajstić information content (AvgIpc) is 2.55. The van der Waals surface area contributed by atoms with E-state index in [-0.39, 0.29) is 11.9 Å². The monoisotopic (exact) mass is 311 g/mol. The third-order valence-electron chi connectivity index (χ3n) is 4.08. The Hall–Kier alpha value is -2.49. The lowest BCUT2D eigenvalue weighted by Crippen LogP contribution is -2.33. The summed E-state index contributed by atoms with van der Waals surface area (Å²) in [7, 11) is 1.63. The summed E-state index contributed by atoms with van der Waals surface area (Å²) in [5.41, 5.74) is 3.07. The second kappa shape index (κ2) is 6.73. The zero-order valence-corrected chi connectivity index (χ0v) is 13.5. The molecule has 4 nitrogen and oxygen atoms in total. The van der Waals surface area contributed by atoms with Gasteiger partial charge in [0.1, 0.15) is 11.5 Å². The molecule has 0 aromatic heterocycles. The lowest BCUT2D eigenvalue weighted by molar-refractivity contribution is -0.121. The van der Waals surface area contributed by atoms with Crippen LogP contribution in [0.3, 0.4) is 0 Å². The van der Waals surface area contributed by atoms with Gasteiger partial charge in [0.05, 0.1) is 26.2 Å². The van der Waals surface area contributed by atoms with Gasteiger partial charge in [-0.2, -0.15) is 0 Å². The normalized spacial score (nSPS) is 16.2. The van der Waals surface area contributed by atoms with Crippen LogP contribution in [0.1, 0.15) is 29.2 Å². The molecule has 0 radical (unpaired) electrons. The van der Waals surface area contributed by atoms with Crippen LogP contribution < -0.4 is 14.8 Å². The molecule has 0 fully saturated rings. The van der Waals surface area contributed by atoms with Gasteiger partial charge in [-0.25, -0.2) is 0 Å². The summed E-state index contributed by atoms with van der Waals surface area (Å²) in [6.07, 6.45) is 1.10. The predicted octanol–water partition coefficient (Wildman–Crippen LogP) is 3.19. The van der Waals surface area contributed by atoms with Crippen molar-refractivity contribution in [2.45, 2.75) is 25.8 Å². The van der Waals surface area contributed by atoms with Crippen molar-refractivity contribution in [3.05, 3.63) is 59.2 Å². The Kier molecular flexibility index (Phi) is 4.51. The minimum atomic E-state index is -0.00407. The van der Waals surface area contributed by atoms with E-state index < -0.39 is 0 Å². The van der Waals surface area contributed by atoms with E-state index in [1.165, 1.54) is 0 Å². The molecule has 2 aromatic carbocycles. The summed E-state index contributed by atoms with van der Waals surface area (Å²) < 4.78 is 11.0. The van der Waals surface area contributed by atoms with Crippen molar-refractivity contribution >= 4 is 5.91 Å². The number of methoxy groups -OCH3 is 1. The van der Waals surface area contributed by atoms with Gasteiger partial charge in [-0.1, -0.05) is 35.9 Å². The lowest BCUT2D eigenvalue weighted by atomic mass is 10.00. The maximum atomic E-state index is 12.5. The first-order valence-corrected chi connectivity index (χ1v) is 7.82. The molecule has 4 heteroatoms. The van der Waals surface area contributed by atoms with Gasteiger partial charge in [0.15, 0.2) is 0 Å². The molecule has 1 N–H and O–H groups in total. The Balaban J connectivity index is 1.73. The molecule has 1 aliphatic heterocycles. The van der Waals surface area contributed by atoms with E-state index in [4.69, 9.17) is 9.47 Å². The fourth-order valence-corrected chi connectivity index (χ4v) is 2.96. The molecule has 2 aromatic rings. The largest absolute Gasteiger partial charge is 0.496 e. The van der Waals surface area contributed by atoms with Crippen molar-refractivity contribution in [1.82, 2.24) is 5.32 Å². The summed E-state index contributed by atoms with van der Waals surface area (Å²) in [6.45, 7) is 2.63. The van der Waals surface area contributed by atoms with Crippen LogP contribution in [0.15, 0.2) is 42.5 Å². The highest BCUT2D eigenvalue weighted by molar-refractivity contribution is 5.80. The summed E-state index contributed by atoms with van der Waals surface area (Å²) in [4.78, 5) is 12.5. The fraction of sp³-hybridized carbons (Fsp3) is 0.316. The van der Waals surface area contributed by atoms with Crippen LogP contribution in [0.4, 0.5) is 0 Å². The number of nitrogens with one attached hydrogen (secondary N) is 1. The zero-order chi connectivity index (χ0) is 16.2. The van der Waals surface area contributed by atoms with Crippen molar-refractivity contribution in [3.63, 3.8) is 0 Å². The van der Waals surface area contributed by atoms with Crippen LogP contribution in [0.2, 0.25) is 0 Å². The molecular formula is C19H21NO3. The number of fused-ring (bicyclic) bond motifs is 1. The summed E-state index contributed by atoms with van der Waals surface area (Å²) in [6, 6.07) is 13.7. The Morgan fingerprint density at radius 1 is 1.30 bits per heavy atom. The first kappa shape index (κ1) is 15.4. The third kappa shape index (κ3) is 3.47. The molecule has 0 bridgehead atoms. The lowest BCUT2D eigenvalue weighted by Gasteiger charge is -2.26. The van der Waals surface area contributed by atoms with Gasteiger partial charge in [0, 0.05) is 17.5 Å². The smallest absolute Gasteiger partial charge is 0.225 e. The Labute approximate surface area is 136 Å². The summed E-state index contributed by atoms with van der Waals surface area (Å²) in [5, 5.41) is 3.12. The average molecular weight is 311 g/mol. The number of hydrogen-bond donors (Lipinski definition) is 1. The van der Waals surface area contributed by atoms with Gasteiger partial charge in [-0.15, -0.1) is 0 Å². The summed E-state index contributed by atoms with van der Waals surface area (Å²) in [5.74, 6) is 1.60. The molecule has 0 saturated carbocycles. The van der Waals surface area contributed by atoms with E-state index in [1.54, 1.807) is 7.11 Å². The van der Waals surface area contributed by atoms with Crippen LogP contribution in [-0.4, -0.2) is 19.6 Å². The first-order chi connectivity index (χ1) is 11.2. The highest BCUT2D eigenvalue weighted by atomic mass is 16.5. The molecule has 23 heavy (non-hydrogen) atoms. The maximum absolute atomic E-state index is 12.5. The molecule has 1 heterocycles. The second-order valence-electron chi connectivity index (χ2n) is 5.79. The van der Waals surface area contributed by atoms with E-state index in [2.05, 4.69) is 5.32 Å². The van der Waals surface area contributed by atoms with E-state index in [0.29, 0.717) is 13.0 Å². The number of aryl methyl sites for hydroxylation is 1. The molecule has 1 atom stereocenters. The van der Waals surface area contributed by atoms with Gasteiger partial charge < -0.3 is 14.8 Å². The van der Waals surface area contributed by atoms with E-state index in [9.17, 15) is 4.79 Å². The van der Waals surface area contributed by atoms with E-state index >= 15 is 0 Å². The quantitative estimate of drug-likeness (QED) is 0.943. The Bertz CT molecular complexity index is 712. The van der Waals surface area contributed by atoms with Crippen molar-refractivity contribution in [2.24, 2.45) is 0 Å². The van der Waals surface area contributed by atoms with Crippen molar-refractivity contribution in [3.8, 4) is 11.5 Å². The number of carbonyl (C=O) groups is 1. The van der Waals surface area contributed by atoms with Crippen LogP contribution in [0.25, 0.3) is 0 Å². The minimum Gasteiger partial charge on any atom is -0.496 e. The number of benzene rings is 2. The second-order valence-corrected chi connectivity index (χ2v) is 5.79. The SMILES string of the molecule is COc1ccc(C)cc1CC(=O)NC1CCOc2ccccc21. The van der Waals surface area contributed by atoms with Crippen molar-refractivity contribution < 1.29 is 14.3 Å². The highest BCUT2D eigenvalue weighted by Crippen LogP contribution is 2.31. The van der Waals surface area contributed by atoms with Crippen molar-refractivity contribution in [2.75, 3.05) is 13.7 Å². The Morgan fingerprint density at radius 2 is 2.13 bits per heavy atom. The molecular weight excluding hydrogens is 290 g/mol. The van der Waals surface area contributed by atoms with E-state index in [1.807, 2.05) is 49.4 Å². The molecule has 120 valence electrons. The zero-order valence-electron chi connectivity index (χ0n) is 13.5. The van der Waals surface area contributed by atoms with Crippen LogP contribution >= 0.6 is 0 Å². The van der Waals surface area contributed by atoms with Gasteiger partial charge in [0.25, 0.3) is 0 Å². The van der Waals surface area contributed by atoms with Gasteiger partial charge in [-0.05, 0) is 19.1 Å². The highest BCUT2D eigenvalue weighted by Gasteiger charge is 2.23. The van der Waals surface area contributed by atoms with E-state index in [0.717, 1.165) is 34.6 Å². The molecule has 0 aliphatic carbocycles. The number of amides is 1. The molecule has 1 unspecified atom stereocenters. The number of rotatable bonds is 4. The minimum absolute atomic E-state index is 0.00301. The maximum Gasteiger partial charge on any atom is 0.225 e. The molecule has 0 spiro atoms. The summed E-state index contributed by atoms with van der Waals surface area (Å²) >= 11 is 0. The number of ether oxygens (including phenoxy) is 2. The van der Waals surface area contributed by atoms with Crippen molar-refractivity contribution in [1.29, 1.82) is 0 Å². The Morgan fingerprint density at radius 3 is 2.96 bits per heavy atom. The van der Waals surface area contributed by atoms with Crippen LogP contribution in [0.5, 0.6) is 11.5 Å². The van der Waals surface area contributed by atoms with Gasteiger partial charge in [-0.3, -0.25) is 4.79 Å². The fourth-order valence-electron chi connectivity index (χ4n) is 2.96. The molecule has 0 saturated heterocycles. The first-order valence-electron chi connectivity index (χ1n) is 7.82. The van der Waals surface area contributed by atoms with Crippen LogP contribution in [0, 0.1) is 6.92 Å². The topological polar surface area (TPSA) is 47.6 Å². The number of carbonyl (C=O) groups excluding carboxylic acids is 1. The standard InChI is InChI=1S/C19H21NO3/c1-13-7-8-17(22-2)14(11-13)12-19(21)20-16-9-10-23-18-6-4-3-5-15(16)18/h3-8,11,16H,9-10,12H2,1-2H3,(H,20,21). The molecule has 1 amide bonds. The van der Waals surface area contributed by atoms with Crippen LogP contribution in [-0.2, 0) is 11.2 Å². The molecule has 3 rings (SSSR count). The number of para-hydroxylation sites is 1.